The number of para-hydroxylation sites is 1. The third-order valence-electron chi connectivity index (χ3n) is 3.73. The number of aromatic nitrogens is 1. The SMILES string of the molecule is CC(=O)c1ccc(C(=O)N(C)[C@@H](C)c2nc3ccccc3s2)s1. The molecule has 0 N–H and O–H groups in total. The van der Waals surface area contributed by atoms with E-state index in [4.69, 9.17) is 0 Å². The Kier molecular flexibility index (Phi) is 4.28. The molecule has 1 atom stereocenters. The van der Waals surface area contributed by atoms with E-state index in [1.165, 1.54) is 18.3 Å². The molecule has 0 saturated carbocycles. The van der Waals surface area contributed by atoms with E-state index in [2.05, 4.69) is 4.98 Å². The quantitative estimate of drug-likeness (QED) is 0.659. The molecule has 0 spiro atoms. The van der Waals surface area contributed by atoms with Crippen molar-refractivity contribution in [3.63, 3.8) is 0 Å². The van der Waals surface area contributed by atoms with Crippen molar-refractivity contribution in [2.75, 3.05) is 7.05 Å². The first-order valence-corrected chi connectivity index (χ1v) is 8.84. The lowest BCUT2D eigenvalue weighted by molar-refractivity contribution is 0.0747. The molecule has 0 fully saturated rings. The highest BCUT2D eigenvalue weighted by molar-refractivity contribution is 7.18. The van der Waals surface area contributed by atoms with E-state index < -0.39 is 0 Å². The van der Waals surface area contributed by atoms with Gasteiger partial charge >= 0.3 is 0 Å². The topological polar surface area (TPSA) is 50.3 Å². The Morgan fingerprint density at radius 2 is 1.78 bits per heavy atom. The molecule has 118 valence electrons. The Morgan fingerprint density at radius 1 is 1.09 bits per heavy atom. The number of thiophene rings is 1. The van der Waals surface area contributed by atoms with E-state index in [-0.39, 0.29) is 17.7 Å². The zero-order chi connectivity index (χ0) is 16.6. The van der Waals surface area contributed by atoms with E-state index in [1.54, 1.807) is 35.4 Å². The second-order valence-corrected chi connectivity index (χ2v) is 7.48. The molecule has 23 heavy (non-hydrogen) atoms. The number of hydrogen-bond donors (Lipinski definition) is 0. The Morgan fingerprint density at radius 3 is 2.43 bits per heavy atom. The fourth-order valence-electron chi connectivity index (χ4n) is 2.23. The van der Waals surface area contributed by atoms with Crippen molar-refractivity contribution >= 4 is 44.6 Å². The van der Waals surface area contributed by atoms with Crippen LogP contribution in [0.15, 0.2) is 36.4 Å². The zero-order valence-electron chi connectivity index (χ0n) is 13.1. The first-order chi connectivity index (χ1) is 11.0. The molecule has 0 aliphatic carbocycles. The minimum atomic E-state index is -0.122. The van der Waals surface area contributed by atoms with Gasteiger partial charge in [0.1, 0.15) is 5.01 Å². The second kappa shape index (κ2) is 6.22. The van der Waals surface area contributed by atoms with Crippen LogP contribution in [0.2, 0.25) is 0 Å². The van der Waals surface area contributed by atoms with Crippen LogP contribution in [0, 0.1) is 0 Å². The molecule has 2 heterocycles. The lowest BCUT2D eigenvalue weighted by Crippen LogP contribution is -2.28. The fraction of sp³-hybridized carbons (Fsp3) is 0.235. The molecule has 3 aromatic rings. The molecule has 2 aromatic heterocycles. The highest BCUT2D eigenvalue weighted by atomic mass is 32.1. The maximum absolute atomic E-state index is 12.6. The van der Waals surface area contributed by atoms with Crippen LogP contribution in [-0.4, -0.2) is 28.6 Å². The summed E-state index contributed by atoms with van der Waals surface area (Å²) in [7, 11) is 1.77. The minimum absolute atomic E-state index is 0.0177. The second-order valence-electron chi connectivity index (χ2n) is 5.33. The van der Waals surface area contributed by atoms with E-state index in [0.29, 0.717) is 9.75 Å². The number of fused-ring (bicyclic) bond motifs is 1. The summed E-state index contributed by atoms with van der Waals surface area (Å²) in [5.41, 5.74) is 0.954. The molecule has 3 rings (SSSR count). The van der Waals surface area contributed by atoms with Crippen molar-refractivity contribution in [3.8, 4) is 0 Å². The summed E-state index contributed by atoms with van der Waals surface area (Å²) in [5, 5.41) is 0.908. The van der Waals surface area contributed by atoms with Crippen molar-refractivity contribution in [2.45, 2.75) is 19.9 Å². The van der Waals surface area contributed by atoms with E-state index >= 15 is 0 Å². The summed E-state index contributed by atoms with van der Waals surface area (Å²) in [4.78, 5) is 31.5. The number of amides is 1. The summed E-state index contributed by atoms with van der Waals surface area (Å²) in [5.74, 6) is -0.106. The van der Waals surface area contributed by atoms with Gasteiger partial charge in [-0.15, -0.1) is 22.7 Å². The zero-order valence-corrected chi connectivity index (χ0v) is 14.7. The van der Waals surface area contributed by atoms with Crippen LogP contribution in [-0.2, 0) is 0 Å². The average Bonchev–Trinajstić information content (AvgIpc) is 3.19. The van der Waals surface area contributed by atoms with Crippen molar-refractivity contribution in [1.82, 2.24) is 9.88 Å². The normalized spacial score (nSPS) is 12.3. The minimum Gasteiger partial charge on any atom is -0.332 e. The fourth-order valence-corrected chi connectivity index (χ4v) is 4.17. The van der Waals surface area contributed by atoms with E-state index in [0.717, 1.165) is 15.2 Å². The third kappa shape index (κ3) is 3.04. The average molecular weight is 344 g/mol. The van der Waals surface area contributed by atoms with Crippen LogP contribution in [0.4, 0.5) is 0 Å². The molecule has 1 amide bonds. The highest BCUT2D eigenvalue weighted by Crippen LogP contribution is 2.30. The number of Topliss-reactive ketones (excluding diaryl/α,β-unsaturated/α-hetero) is 1. The molecule has 0 saturated heterocycles. The molecule has 0 radical (unpaired) electrons. The standard InChI is InChI=1S/C17H16N2O2S2/c1-10(16-18-12-6-4-5-7-14(12)23-16)19(3)17(21)15-9-8-13(22-15)11(2)20/h4-10H,1-3H3/t10-/m0/s1. The van der Waals surface area contributed by atoms with Gasteiger partial charge in [0.05, 0.1) is 26.0 Å². The van der Waals surface area contributed by atoms with Crippen LogP contribution in [0.25, 0.3) is 10.2 Å². The maximum Gasteiger partial charge on any atom is 0.264 e. The van der Waals surface area contributed by atoms with Gasteiger partial charge in [-0.1, -0.05) is 12.1 Å². The molecule has 0 unspecified atom stereocenters. The maximum atomic E-state index is 12.6. The van der Waals surface area contributed by atoms with Gasteiger partial charge in [0.15, 0.2) is 5.78 Å². The van der Waals surface area contributed by atoms with Crippen molar-refractivity contribution in [1.29, 1.82) is 0 Å². The Hall–Kier alpha value is -2.05. The Labute approximate surface area is 142 Å². The molecule has 0 bridgehead atoms. The summed E-state index contributed by atoms with van der Waals surface area (Å²) in [6.07, 6.45) is 0. The molecule has 0 aliphatic rings. The van der Waals surface area contributed by atoms with Crippen molar-refractivity contribution in [3.05, 3.63) is 51.2 Å². The molecular weight excluding hydrogens is 328 g/mol. The summed E-state index contributed by atoms with van der Waals surface area (Å²) < 4.78 is 1.12. The Bertz CT molecular complexity index is 848. The summed E-state index contributed by atoms with van der Waals surface area (Å²) in [6.45, 7) is 3.47. The van der Waals surface area contributed by atoms with Gasteiger partial charge in [-0.05, 0) is 38.1 Å². The van der Waals surface area contributed by atoms with Crippen LogP contribution in [0.3, 0.4) is 0 Å². The first kappa shape index (κ1) is 15.8. The molecule has 0 aliphatic heterocycles. The van der Waals surface area contributed by atoms with Gasteiger partial charge in [0.2, 0.25) is 0 Å². The van der Waals surface area contributed by atoms with Crippen molar-refractivity contribution < 1.29 is 9.59 Å². The van der Waals surface area contributed by atoms with Gasteiger partial charge < -0.3 is 4.90 Å². The van der Waals surface area contributed by atoms with E-state index in [9.17, 15) is 9.59 Å². The third-order valence-corrected chi connectivity index (χ3v) is 6.11. The van der Waals surface area contributed by atoms with Gasteiger partial charge in [0, 0.05) is 7.05 Å². The predicted molar refractivity (Wildman–Crippen MR) is 94.5 cm³/mol. The van der Waals surface area contributed by atoms with Gasteiger partial charge in [-0.2, -0.15) is 0 Å². The van der Waals surface area contributed by atoms with Crippen LogP contribution in [0.1, 0.15) is 44.2 Å². The Balaban J connectivity index is 1.84. The summed E-state index contributed by atoms with van der Waals surface area (Å²) in [6, 6.07) is 11.2. The number of nitrogens with zero attached hydrogens (tertiary/aromatic N) is 2. The molecular formula is C17H16N2O2S2. The lowest BCUT2D eigenvalue weighted by atomic mass is 10.3. The number of carbonyl (C=O) groups is 2. The number of rotatable bonds is 4. The largest absolute Gasteiger partial charge is 0.332 e. The number of benzene rings is 1. The van der Waals surface area contributed by atoms with Crippen LogP contribution >= 0.6 is 22.7 Å². The number of thiazole rings is 1. The molecule has 6 heteroatoms. The van der Waals surface area contributed by atoms with Crippen LogP contribution < -0.4 is 0 Å². The molecule has 4 nitrogen and oxygen atoms in total. The smallest absolute Gasteiger partial charge is 0.264 e. The summed E-state index contributed by atoms with van der Waals surface area (Å²) >= 11 is 2.84. The number of hydrogen-bond acceptors (Lipinski definition) is 5. The predicted octanol–water partition coefficient (Wildman–Crippen LogP) is 4.39. The van der Waals surface area contributed by atoms with Crippen molar-refractivity contribution in [2.24, 2.45) is 0 Å². The van der Waals surface area contributed by atoms with Gasteiger partial charge in [-0.25, -0.2) is 4.98 Å². The monoisotopic (exact) mass is 344 g/mol. The van der Waals surface area contributed by atoms with Crippen LogP contribution in [0.5, 0.6) is 0 Å². The first-order valence-electron chi connectivity index (χ1n) is 7.21. The molecule has 1 aromatic carbocycles. The lowest BCUT2D eigenvalue weighted by Gasteiger charge is -2.22. The number of ketones is 1. The highest BCUT2D eigenvalue weighted by Gasteiger charge is 2.23. The van der Waals surface area contributed by atoms with Gasteiger partial charge in [-0.3, -0.25) is 9.59 Å². The van der Waals surface area contributed by atoms with Gasteiger partial charge in [0.25, 0.3) is 5.91 Å². The van der Waals surface area contributed by atoms with E-state index in [1.807, 2.05) is 31.2 Å². The number of carbonyl (C=O) groups excluding carboxylic acids is 2.